The maximum atomic E-state index is 12.3. The minimum Gasteiger partial charge on any atom is -0.481 e. The van der Waals surface area contributed by atoms with Gasteiger partial charge in [-0.2, -0.15) is 0 Å². The molecule has 1 N–H and O–H groups in total. The van der Waals surface area contributed by atoms with Gasteiger partial charge in [-0.15, -0.1) is 0 Å². The summed E-state index contributed by atoms with van der Waals surface area (Å²) in [4.78, 5) is 23.8. The second-order valence-corrected chi connectivity index (χ2v) is 8.41. The van der Waals surface area contributed by atoms with Gasteiger partial charge in [-0.05, 0) is 34.1 Å². The van der Waals surface area contributed by atoms with Crippen molar-refractivity contribution in [2.45, 2.75) is 39.5 Å². The summed E-state index contributed by atoms with van der Waals surface area (Å²) in [6.45, 7) is 6.15. The van der Waals surface area contributed by atoms with E-state index < -0.39 is 17.9 Å². The molecule has 4 heteroatoms. The van der Waals surface area contributed by atoms with Crippen LogP contribution in [0.25, 0.3) is 11.1 Å². The van der Waals surface area contributed by atoms with Crippen LogP contribution >= 0.6 is 0 Å². The Labute approximate surface area is 160 Å². The number of aliphatic carboxylic acids is 1. The van der Waals surface area contributed by atoms with Crippen molar-refractivity contribution in [1.82, 2.24) is 0 Å². The van der Waals surface area contributed by atoms with Gasteiger partial charge in [-0.25, -0.2) is 0 Å². The molecule has 3 rings (SSSR count). The predicted molar refractivity (Wildman–Crippen MR) is 104 cm³/mol. The average Bonchev–Trinajstić information content (AvgIpc) is 2.92. The molecule has 0 bridgehead atoms. The van der Waals surface area contributed by atoms with Crippen LogP contribution in [0.4, 0.5) is 0 Å². The quantitative estimate of drug-likeness (QED) is 0.741. The highest BCUT2D eigenvalue weighted by molar-refractivity contribution is 5.80. The van der Waals surface area contributed by atoms with Crippen LogP contribution in [-0.2, 0) is 14.3 Å². The zero-order chi connectivity index (χ0) is 19.6. The Morgan fingerprint density at radius 3 is 2.00 bits per heavy atom. The van der Waals surface area contributed by atoms with E-state index in [-0.39, 0.29) is 24.4 Å². The molecule has 27 heavy (non-hydrogen) atoms. The number of carboxylic acids is 1. The molecule has 0 aromatic heterocycles. The van der Waals surface area contributed by atoms with Gasteiger partial charge in [-0.1, -0.05) is 69.3 Å². The van der Waals surface area contributed by atoms with Gasteiger partial charge < -0.3 is 9.84 Å². The first-order valence-electron chi connectivity index (χ1n) is 9.33. The highest BCUT2D eigenvalue weighted by Gasteiger charge is 2.31. The number of benzene rings is 2. The highest BCUT2D eigenvalue weighted by atomic mass is 16.5. The monoisotopic (exact) mass is 366 g/mol. The van der Waals surface area contributed by atoms with E-state index in [1.807, 2.05) is 45.0 Å². The van der Waals surface area contributed by atoms with Crippen LogP contribution in [0, 0.1) is 11.3 Å². The van der Waals surface area contributed by atoms with Crippen LogP contribution in [0.3, 0.4) is 0 Å². The molecule has 0 heterocycles. The van der Waals surface area contributed by atoms with E-state index in [1.165, 1.54) is 11.1 Å². The number of esters is 1. The molecule has 0 aliphatic heterocycles. The second kappa shape index (κ2) is 7.55. The fourth-order valence-corrected chi connectivity index (χ4v) is 3.86. The maximum Gasteiger partial charge on any atom is 0.307 e. The van der Waals surface area contributed by atoms with Gasteiger partial charge in [0.1, 0.15) is 6.61 Å². The predicted octanol–water partition coefficient (Wildman–Crippen LogP) is 4.87. The highest BCUT2D eigenvalue weighted by Crippen LogP contribution is 2.44. The minimum absolute atomic E-state index is 0.00718. The molecular weight excluding hydrogens is 340 g/mol. The molecule has 1 aliphatic rings. The summed E-state index contributed by atoms with van der Waals surface area (Å²) < 4.78 is 5.53. The van der Waals surface area contributed by atoms with Crippen LogP contribution in [0.15, 0.2) is 48.5 Å². The molecule has 1 aliphatic carbocycles. The van der Waals surface area contributed by atoms with Crippen molar-refractivity contribution in [3.8, 4) is 11.1 Å². The molecule has 0 fully saturated rings. The van der Waals surface area contributed by atoms with Gasteiger partial charge in [0.05, 0.1) is 12.3 Å². The van der Waals surface area contributed by atoms with Gasteiger partial charge in [0, 0.05) is 5.92 Å². The van der Waals surface area contributed by atoms with E-state index in [9.17, 15) is 14.7 Å². The van der Waals surface area contributed by atoms with Gasteiger partial charge in [0.2, 0.25) is 0 Å². The number of hydrogen-bond donors (Lipinski definition) is 1. The zero-order valence-corrected chi connectivity index (χ0v) is 16.1. The fourth-order valence-electron chi connectivity index (χ4n) is 3.86. The lowest BCUT2D eigenvalue weighted by atomic mass is 9.83. The topological polar surface area (TPSA) is 63.6 Å². The SMILES string of the molecule is CC(C)(C)C[C@@H](CC(=O)OCC1c2ccccc2-c2ccccc21)C(=O)O. The van der Waals surface area contributed by atoms with E-state index >= 15 is 0 Å². The molecule has 0 spiro atoms. The van der Waals surface area contributed by atoms with Crippen LogP contribution in [0.1, 0.15) is 50.7 Å². The molecule has 4 nitrogen and oxygen atoms in total. The molecule has 0 amide bonds. The van der Waals surface area contributed by atoms with E-state index in [0.717, 1.165) is 11.1 Å². The Morgan fingerprint density at radius 2 is 1.52 bits per heavy atom. The third-order valence-corrected chi connectivity index (χ3v) is 4.99. The Kier molecular flexibility index (Phi) is 5.36. The summed E-state index contributed by atoms with van der Waals surface area (Å²) in [6, 6.07) is 16.3. The largest absolute Gasteiger partial charge is 0.481 e. The normalized spacial score (nSPS) is 14.3. The van der Waals surface area contributed by atoms with Crippen molar-refractivity contribution in [3.63, 3.8) is 0 Å². The number of ether oxygens (including phenoxy) is 1. The molecule has 0 radical (unpaired) electrons. The number of hydrogen-bond acceptors (Lipinski definition) is 3. The Hall–Kier alpha value is -2.62. The summed E-state index contributed by atoms with van der Waals surface area (Å²) in [5.41, 5.74) is 4.48. The molecular formula is C23H26O4. The van der Waals surface area contributed by atoms with Crippen molar-refractivity contribution in [2.24, 2.45) is 11.3 Å². The number of carbonyl (C=O) groups excluding carboxylic acids is 1. The first-order chi connectivity index (χ1) is 12.8. The lowest BCUT2D eigenvalue weighted by Crippen LogP contribution is -2.25. The van der Waals surface area contributed by atoms with E-state index in [1.54, 1.807) is 0 Å². The van der Waals surface area contributed by atoms with E-state index in [2.05, 4.69) is 24.3 Å². The van der Waals surface area contributed by atoms with Gasteiger partial charge in [0.15, 0.2) is 0 Å². The molecule has 142 valence electrons. The average molecular weight is 366 g/mol. The standard InChI is InChI=1S/C23H26O4/c1-23(2,3)13-15(22(25)26)12-21(24)27-14-20-18-10-6-4-8-16(18)17-9-5-7-11-19(17)20/h4-11,15,20H,12-14H2,1-3H3,(H,25,26)/t15-/m1/s1. The molecule has 0 unspecified atom stereocenters. The van der Waals surface area contributed by atoms with Crippen molar-refractivity contribution in [1.29, 1.82) is 0 Å². The van der Waals surface area contributed by atoms with Crippen molar-refractivity contribution < 1.29 is 19.4 Å². The maximum absolute atomic E-state index is 12.3. The van der Waals surface area contributed by atoms with Crippen LogP contribution in [0.2, 0.25) is 0 Å². The van der Waals surface area contributed by atoms with Gasteiger partial charge in [0.25, 0.3) is 0 Å². The van der Waals surface area contributed by atoms with Crippen molar-refractivity contribution in [3.05, 3.63) is 59.7 Å². The first-order valence-corrected chi connectivity index (χ1v) is 9.33. The number of carbonyl (C=O) groups is 2. The number of fused-ring (bicyclic) bond motifs is 3. The smallest absolute Gasteiger partial charge is 0.307 e. The minimum atomic E-state index is -0.946. The first kappa shape index (κ1) is 19.2. The Bertz CT molecular complexity index is 802. The second-order valence-electron chi connectivity index (χ2n) is 8.41. The summed E-state index contributed by atoms with van der Waals surface area (Å²) >= 11 is 0. The van der Waals surface area contributed by atoms with E-state index in [0.29, 0.717) is 6.42 Å². The van der Waals surface area contributed by atoms with Crippen LogP contribution in [0.5, 0.6) is 0 Å². The van der Waals surface area contributed by atoms with Gasteiger partial charge in [-0.3, -0.25) is 9.59 Å². The summed E-state index contributed by atoms with van der Waals surface area (Å²) in [7, 11) is 0. The summed E-state index contributed by atoms with van der Waals surface area (Å²) in [5.74, 6) is -2.13. The number of rotatable bonds is 6. The van der Waals surface area contributed by atoms with Crippen molar-refractivity contribution >= 4 is 11.9 Å². The molecule has 0 saturated heterocycles. The van der Waals surface area contributed by atoms with E-state index in [4.69, 9.17) is 4.74 Å². The van der Waals surface area contributed by atoms with Crippen molar-refractivity contribution in [2.75, 3.05) is 6.61 Å². The number of carboxylic acid groups (broad SMARTS) is 1. The van der Waals surface area contributed by atoms with Gasteiger partial charge >= 0.3 is 11.9 Å². The lowest BCUT2D eigenvalue weighted by Gasteiger charge is -2.23. The third kappa shape index (κ3) is 4.38. The Balaban J connectivity index is 1.69. The van der Waals surface area contributed by atoms with Crippen LogP contribution in [-0.4, -0.2) is 23.7 Å². The molecule has 1 atom stereocenters. The zero-order valence-electron chi connectivity index (χ0n) is 16.1. The third-order valence-electron chi connectivity index (χ3n) is 4.99. The molecule has 2 aromatic carbocycles. The lowest BCUT2D eigenvalue weighted by molar-refractivity contribution is -0.152. The summed E-state index contributed by atoms with van der Waals surface area (Å²) in [6.07, 6.45) is 0.342. The Morgan fingerprint density at radius 1 is 1.00 bits per heavy atom. The molecule has 0 saturated carbocycles. The van der Waals surface area contributed by atoms with Crippen LogP contribution < -0.4 is 0 Å². The summed E-state index contributed by atoms with van der Waals surface area (Å²) in [5, 5.41) is 9.42. The fraction of sp³-hybridized carbons (Fsp3) is 0.391. The molecule has 2 aromatic rings.